The van der Waals surface area contributed by atoms with E-state index < -0.39 is 30.4 Å². The first-order valence-electron chi connectivity index (χ1n) is 14.6. The predicted octanol–water partition coefficient (Wildman–Crippen LogP) is 5.51. The molecule has 3 aromatic rings. The third kappa shape index (κ3) is 6.83. The Kier molecular flexibility index (Phi) is 9.29. The molecule has 1 saturated heterocycles. The number of nitrogens with one attached hydrogen (secondary N) is 1. The fraction of sp³-hybridized carbons (Fsp3) is 0.324. The Bertz CT molecular complexity index is 1500. The van der Waals surface area contributed by atoms with Crippen LogP contribution < -0.4 is 10.2 Å². The first-order valence-corrected chi connectivity index (χ1v) is 14.6. The second kappa shape index (κ2) is 13.5. The SMILES string of the molecule is CCCCOC(=O)c1ccc(NC(=O)COC(=O)c2cccc(N3C(=O)[C@@H]4CC[C@@H](c5ccccc5)C[C@H]4C3=O)c2)cc1. The van der Waals surface area contributed by atoms with Crippen LogP contribution in [0.25, 0.3) is 0 Å². The van der Waals surface area contributed by atoms with Gasteiger partial charge in [-0.3, -0.25) is 19.3 Å². The molecule has 3 atom stereocenters. The van der Waals surface area contributed by atoms with E-state index in [0.717, 1.165) is 19.3 Å². The summed E-state index contributed by atoms with van der Waals surface area (Å²) in [5, 5.41) is 2.61. The van der Waals surface area contributed by atoms with Crippen molar-refractivity contribution in [2.75, 3.05) is 23.4 Å². The molecule has 0 unspecified atom stereocenters. The molecule has 1 heterocycles. The highest BCUT2D eigenvalue weighted by Gasteiger charge is 2.50. The van der Waals surface area contributed by atoms with Crippen LogP contribution in [0.3, 0.4) is 0 Å². The minimum atomic E-state index is -0.761. The van der Waals surface area contributed by atoms with Gasteiger partial charge < -0.3 is 14.8 Å². The van der Waals surface area contributed by atoms with Crippen molar-refractivity contribution in [1.29, 1.82) is 0 Å². The number of amides is 3. The lowest BCUT2D eigenvalue weighted by Gasteiger charge is -2.28. The van der Waals surface area contributed by atoms with E-state index in [1.807, 2.05) is 25.1 Å². The molecule has 2 fully saturated rings. The van der Waals surface area contributed by atoms with Gasteiger partial charge in [0, 0.05) is 5.69 Å². The van der Waals surface area contributed by atoms with Crippen molar-refractivity contribution in [2.45, 2.75) is 44.9 Å². The van der Waals surface area contributed by atoms with E-state index >= 15 is 0 Å². The van der Waals surface area contributed by atoms with Crippen molar-refractivity contribution in [3.05, 3.63) is 95.6 Å². The molecule has 1 N–H and O–H groups in total. The summed E-state index contributed by atoms with van der Waals surface area (Å²) in [6.07, 6.45) is 3.78. The largest absolute Gasteiger partial charge is 0.462 e. The van der Waals surface area contributed by atoms with Crippen LogP contribution in [-0.4, -0.2) is 42.9 Å². The minimum absolute atomic E-state index is 0.119. The summed E-state index contributed by atoms with van der Waals surface area (Å²) in [5.41, 5.74) is 2.40. The zero-order valence-corrected chi connectivity index (χ0v) is 24.0. The molecule has 1 aliphatic heterocycles. The van der Waals surface area contributed by atoms with Crippen LogP contribution in [0.1, 0.15) is 71.2 Å². The Labute approximate surface area is 250 Å². The molecule has 222 valence electrons. The van der Waals surface area contributed by atoms with Gasteiger partial charge in [-0.2, -0.15) is 0 Å². The Hall–Kier alpha value is -4.79. The van der Waals surface area contributed by atoms with E-state index in [1.54, 1.807) is 36.4 Å². The number of unbranched alkanes of at least 4 members (excludes halogenated alkanes) is 1. The molecular weight excluding hydrogens is 548 g/mol. The monoisotopic (exact) mass is 582 g/mol. The zero-order chi connectivity index (χ0) is 30.3. The quantitative estimate of drug-likeness (QED) is 0.190. The van der Waals surface area contributed by atoms with Gasteiger partial charge in [-0.15, -0.1) is 0 Å². The number of hydrogen-bond acceptors (Lipinski definition) is 7. The minimum Gasteiger partial charge on any atom is -0.462 e. The summed E-state index contributed by atoms with van der Waals surface area (Å²) in [6.45, 7) is 1.81. The normalized spacial score (nSPS) is 19.5. The number of nitrogens with zero attached hydrogens (tertiary/aromatic N) is 1. The summed E-state index contributed by atoms with van der Waals surface area (Å²) in [5.74, 6) is -2.80. The number of benzene rings is 3. The number of anilines is 2. The highest BCUT2D eigenvalue weighted by molar-refractivity contribution is 6.22. The highest BCUT2D eigenvalue weighted by atomic mass is 16.5. The second-order valence-corrected chi connectivity index (χ2v) is 10.9. The number of carbonyl (C=O) groups is 5. The molecule has 0 aromatic heterocycles. The first kappa shape index (κ1) is 29.7. The van der Waals surface area contributed by atoms with Crippen molar-refractivity contribution in [3.8, 4) is 0 Å². The summed E-state index contributed by atoms with van der Waals surface area (Å²) in [7, 11) is 0. The lowest BCUT2D eigenvalue weighted by atomic mass is 9.73. The van der Waals surface area contributed by atoms with E-state index in [1.165, 1.54) is 22.6 Å². The zero-order valence-electron chi connectivity index (χ0n) is 24.0. The molecule has 5 rings (SSSR count). The Balaban J connectivity index is 1.16. The maximum absolute atomic E-state index is 13.4. The van der Waals surface area contributed by atoms with Crippen molar-refractivity contribution >= 4 is 41.0 Å². The van der Waals surface area contributed by atoms with Crippen molar-refractivity contribution in [1.82, 2.24) is 0 Å². The maximum atomic E-state index is 13.4. The van der Waals surface area contributed by atoms with Gasteiger partial charge >= 0.3 is 11.9 Å². The number of ether oxygens (including phenoxy) is 2. The molecule has 1 aliphatic carbocycles. The number of esters is 2. The Morgan fingerprint density at radius 2 is 1.53 bits per heavy atom. The lowest BCUT2D eigenvalue weighted by molar-refractivity contribution is -0.122. The van der Waals surface area contributed by atoms with Gasteiger partial charge in [0.1, 0.15) is 0 Å². The molecule has 3 amide bonds. The number of imide groups is 1. The van der Waals surface area contributed by atoms with Crippen molar-refractivity contribution in [2.24, 2.45) is 11.8 Å². The highest BCUT2D eigenvalue weighted by Crippen LogP contribution is 2.45. The number of rotatable bonds is 10. The Morgan fingerprint density at radius 1 is 0.814 bits per heavy atom. The molecule has 0 spiro atoms. The molecule has 43 heavy (non-hydrogen) atoms. The lowest BCUT2D eigenvalue weighted by Crippen LogP contribution is -2.31. The number of hydrogen-bond donors (Lipinski definition) is 1. The van der Waals surface area contributed by atoms with Gasteiger partial charge in [0.15, 0.2) is 6.61 Å². The van der Waals surface area contributed by atoms with E-state index in [2.05, 4.69) is 17.4 Å². The molecule has 0 bridgehead atoms. The van der Waals surface area contributed by atoms with E-state index in [9.17, 15) is 24.0 Å². The molecule has 2 aliphatic rings. The summed E-state index contributed by atoms with van der Waals surface area (Å²) >= 11 is 0. The van der Waals surface area contributed by atoms with E-state index in [-0.39, 0.29) is 29.2 Å². The average molecular weight is 583 g/mol. The van der Waals surface area contributed by atoms with Gasteiger partial charge in [-0.25, -0.2) is 9.59 Å². The van der Waals surface area contributed by atoms with Gasteiger partial charge in [-0.05, 0) is 79.6 Å². The number of fused-ring (bicyclic) bond motifs is 1. The first-order chi connectivity index (χ1) is 20.9. The van der Waals surface area contributed by atoms with Crippen molar-refractivity contribution < 1.29 is 33.4 Å². The maximum Gasteiger partial charge on any atom is 0.338 e. The average Bonchev–Trinajstić information content (AvgIpc) is 3.29. The summed E-state index contributed by atoms with van der Waals surface area (Å²) in [4.78, 5) is 65.1. The van der Waals surface area contributed by atoms with Gasteiger partial charge in [0.05, 0.1) is 35.3 Å². The molecule has 0 radical (unpaired) electrons. The Morgan fingerprint density at radius 3 is 2.28 bits per heavy atom. The molecule has 9 heteroatoms. The molecular formula is C34H34N2O7. The third-order valence-corrected chi connectivity index (χ3v) is 8.01. The van der Waals surface area contributed by atoms with Crippen LogP contribution in [0.15, 0.2) is 78.9 Å². The van der Waals surface area contributed by atoms with E-state index in [0.29, 0.717) is 36.4 Å². The fourth-order valence-electron chi connectivity index (χ4n) is 5.73. The van der Waals surface area contributed by atoms with Crippen LogP contribution in [0.5, 0.6) is 0 Å². The van der Waals surface area contributed by atoms with Gasteiger partial charge in [0.2, 0.25) is 11.8 Å². The van der Waals surface area contributed by atoms with Crippen LogP contribution in [-0.2, 0) is 23.9 Å². The van der Waals surface area contributed by atoms with Gasteiger partial charge in [0.25, 0.3) is 5.91 Å². The topological polar surface area (TPSA) is 119 Å². The van der Waals surface area contributed by atoms with Crippen molar-refractivity contribution in [3.63, 3.8) is 0 Å². The molecule has 1 saturated carbocycles. The fourth-order valence-corrected chi connectivity index (χ4v) is 5.73. The molecule has 9 nitrogen and oxygen atoms in total. The summed E-state index contributed by atoms with van der Waals surface area (Å²) < 4.78 is 10.4. The second-order valence-electron chi connectivity index (χ2n) is 10.9. The van der Waals surface area contributed by atoms with Crippen LogP contribution in [0.2, 0.25) is 0 Å². The van der Waals surface area contributed by atoms with Gasteiger partial charge in [-0.1, -0.05) is 49.7 Å². The van der Waals surface area contributed by atoms with Crippen LogP contribution >= 0.6 is 0 Å². The van der Waals surface area contributed by atoms with E-state index in [4.69, 9.17) is 9.47 Å². The van der Waals surface area contributed by atoms with Crippen LogP contribution in [0, 0.1) is 11.8 Å². The molecule has 3 aromatic carbocycles. The summed E-state index contributed by atoms with van der Waals surface area (Å²) in [6, 6.07) is 22.4. The third-order valence-electron chi connectivity index (χ3n) is 8.01. The van der Waals surface area contributed by atoms with Crippen LogP contribution in [0.4, 0.5) is 11.4 Å². The smallest absolute Gasteiger partial charge is 0.338 e. The number of carbonyl (C=O) groups excluding carboxylic acids is 5. The standard InChI is InChI=1S/C34H34N2O7/c1-2-3-18-42-33(40)23-12-15-26(16-13-23)35-30(37)21-43-34(41)25-10-7-11-27(19-25)36-31(38)28-17-14-24(20-29(28)32(36)39)22-8-5-4-6-9-22/h4-13,15-16,19,24,28-29H,2-3,14,17-18,20-21H2,1H3,(H,35,37)/t24-,28-,29-/m1/s1. The predicted molar refractivity (Wildman–Crippen MR) is 159 cm³/mol.